The van der Waals surface area contributed by atoms with Crippen LogP contribution in [-0.2, 0) is 14.8 Å². The van der Waals surface area contributed by atoms with Crippen LogP contribution in [0.1, 0.15) is 10.4 Å². The van der Waals surface area contributed by atoms with E-state index in [0.717, 1.165) is 0 Å². The SMILES string of the molecule is COCCS(=O)(=O)Nc1cccc(Cl)c1C(=O)O. The van der Waals surface area contributed by atoms with Crippen LogP contribution >= 0.6 is 11.6 Å². The van der Waals surface area contributed by atoms with Gasteiger partial charge in [-0.25, -0.2) is 13.2 Å². The van der Waals surface area contributed by atoms with E-state index in [1.165, 1.54) is 25.3 Å². The lowest BCUT2D eigenvalue weighted by atomic mass is 10.2. The summed E-state index contributed by atoms with van der Waals surface area (Å²) in [6, 6.07) is 4.17. The minimum atomic E-state index is -3.67. The van der Waals surface area contributed by atoms with Crippen molar-refractivity contribution in [1.82, 2.24) is 0 Å². The molecule has 0 spiro atoms. The average molecular weight is 294 g/mol. The van der Waals surface area contributed by atoms with Crippen LogP contribution in [0.5, 0.6) is 0 Å². The van der Waals surface area contributed by atoms with Crippen LogP contribution in [0.15, 0.2) is 18.2 Å². The highest BCUT2D eigenvalue weighted by molar-refractivity contribution is 7.92. The number of aromatic carboxylic acids is 1. The van der Waals surface area contributed by atoms with Crippen molar-refractivity contribution < 1.29 is 23.1 Å². The van der Waals surface area contributed by atoms with Crippen LogP contribution in [-0.4, -0.2) is 39.0 Å². The zero-order chi connectivity index (χ0) is 13.8. The van der Waals surface area contributed by atoms with Gasteiger partial charge in [0.1, 0.15) is 5.56 Å². The van der Waals surface area contributed by atoms with Crippen LogP contribution in [0.4, 0.5) is 5.69 Å². The highest BCUT2D eigenvalue weighted by Crippen LogP contribution is 2.25. The largest absolute Gasteiger partial charge is 0.478 e. The van der Waals surface area contributed by atoms with Crippen molar-refractivity contribution in [3.8, 4) is 0 Å². The number of carboxylic acids is 1. The molecule has 1 aromatic rings. The molecule has 18 heavy (non-hydrogen) atoms. The molecule has 0 aromatic heterocycles. The Morgan fingerprint density at radius 1 is 1.50 bits per heavy atom. The van der Waals surface area contributed by atoms with Crippen molar-refractivity contribution in [3.63, 3.8) is 0 Å². The first-order valence-corrected chi connectivity index (χ1v) is 6.91. The summed E-state index contributed by atoms with van der Waals surface area (Å²) in [7, 11) is -2.29. The van der Waals surface area contributed by atoms with E-state index in [1.807, 2.05) is 0 Å². The number of halogens is 1. The number of benzene rings is 1. The molecule has 8 heteroatoms. The number of nitrogens with one attached hydrogen (secondary N) is 1. The van der Waals surface area contributed by atoms with Gasteiger partial charge in [0.05, 0.1) is 23.1 Å². The molecular formula is C10H12ClNO5S. The molecule has 0 aliphatic rings. The van der Waals surface area contributed by atoms with Gasteiger partial charge in [-0.05, 0) is 12.1 Å². The molecule has 0 aliphatic carbocycles. The third-order valence-electron chi connectivity index (χ3n) is 2.05. The summed E-state index contributed by atoms with van der Waals surface area (Å²) in [6.07, 6.45) is 0. The van der Waals surface area contributed by atoms with Crippen LogP contribution in [0.25, 0.3) is 0 Å². The summed E-state index contributed by atoms with van der Waals surface area (Å²) in [4.78, 5) is 11.0. The van der Waals surface area contributed by atoms with E-state index in [-0.39, 0.29) is 28.6 Å². The summed E-state index contributed by atoms with van der Waals surface area (Å²) in [5.74, 6) is -1.57. The highest BCUT2D eigenvalue weighted by atomic mass is 35.5. The van der Waals surface area contributed by atoms with E-state index < -0.39 is 16.0 Å². The summed E-state index contributed by atoms with van der Waals surface area (Å²) in [6.45, 7) is 0.0122. The third-order valence-corrected chi connectivity index (χ3v) is 3.60. The van der Waals surface area contributed by atoms with Gasteiger partial charge in [-0.1, -0.05) is 17.7 Å². The van der Waals surface area contributed by atoms with Crippen molar-refractivity contribution in [2.75, 3.05) is 24.2 Å². The van der Waals surface area contributed by atoms with Crippen LogP contribution in [0.3, 0.4) is 0 Å². The standard InChI is InChI=1S/C10H12ClNO5S/c1-17-5-6-18(15,16)12-8-4-2-3-7(11)9(8)10(13)14/h2-4,12H,5-6H2,1H3,(H,13,14). The summed E-state index contributed by atoms with van der Waals surface area (Å²) in [5, 5.41) is 8.94. The first kappa shape index (κ1) is 14.7. The van der Waals surface area contributed by atoms with E-state index >= 15 is 0 Å². The molecular weight excluding hydrogens is 282 g/mol. The third kappa shape index (κ3) is 3.86. The number of rotatable bonds is 6. The lowest BCUT2D eigenvalue weighted by Gasteiger charge is -2.11. The second-order valence-corrected chi connectivity index (χ2v) is 5.63. The predicted molar refractivity (Wildman–Crippen MR) is 67.7 cm³/mol. The topological polar surface area (TPSA) is 92.7 Å². The molecule has 2 N–H and O–H groups in total. The number of sulfonamides is 1. The number of carboxylic acid groups (broad SMARTS) is 1. The maximum absolute atomic E-state index is 11.6. The van der Waals surface area contributed by atoms with Gasteiger partial charge in [0, 0.05) is 7.11 Å². The second kappa shape index (κ2) is 6.03. The van der Waals surface area contributed by atoms with Gasteiger partial charge < -0.3 is 9.84 Å². The molecule has 0 radical (unpaired) electrons. The van der Waals surface area contributed by atoms with Gasteiger partial charge in [0.15, 0.2) is 0 Å². The smallest absolute Gasteiger partial charge is 0.339 e. The number of anilines is 1. The number of methoxy groups -OCH3 is 1. The minimum absolute atomic E-state index is 0.0122. The Bertz CT molecular complexity index is 543. The van der Waals surface area contributed by atoms with Gasteiger partial charge in [0.2, 0.25) is 10.0 Å². The fraction of sp³-hybridized carbons (Fsp3) is 0.300. The molecule has 0 unspecified atom stereocenters. The Hall–Kier alpha value is -1.31. The van der Waals surface area contributed by atoms with Gasteiger partial charge >= 0.3 is 5.97 Å². The van der Waals surface area contributed by atoms with E-state index in [0.29, 0.717) is 0 Å². The Morgan fingerprint density at radius 2 is 2.17 bits per heavy atom. The van der Waals surface area contributed by atoms with Crippen LogP contribution in [0, 0.1) is 0 Å². The molecule has 0 atom stereocenters. The fourth-order valence-electron chi connectivity index (χ4n) is 1.24. The summed E-state index contributed by atoms with van der Waals surface area (Å²) < 4.78 is 30.1. The average Bonchev–Trinajstić information content (AvgIpc) is 2.25. The number of ether oxygens (including phenoxy) is 1. The number of carbonyl (C=O) groups is 1. The highest BCUT2D eigenvalue weighted by Gasteiger charge is 2.18. The molecule has 1 aromatic carbocycles. The van der Waals surface area contributed by atoms with E-state index in [2.05, 4.69) is 9.46 Å². The van der Waals surface area contributed by atoms with Gasteiger partial charge in [-0.2, -0.15) is 0 Å². The zero-order valence-electron chi connectivity index (χ0n) is 9.51. The fourth-order valence-corrected chi connectivity index (χ4v) is 2.49. The second-order valence-electron chi connectivity index (χ2n) is 3.38. The van der Waals surface area contributed by atoms with Crippen molar-refractivity contribution in [3.05, 3.63) is 28.8 Å². The Labute approximate surface area is 110 Å². The minimum Gasteiger partial charge on any atom is -0.478 e. The van der Waals surface area contributed by atoms with Gasteiger partial charge in [0.25, 0.3) is 0 Å². The predicted octanol–water partition coefficient (Wildman–Crippen LogP) is 1.43. The molecule has 0 bridgehead atoms. The van der Waals surface area contributed by atoms with Crippen LogP contribution in [0.2, 0.25) is 5.02 Å². The molecule has 0 amide bonds. The van der Waals surface area contributed by atoms with Crippen molar-refractivity contribution >= 4 is 33.3 Å². The zero-order valence-corrected chi connectivity index (χ0v) is 11.1. The Kier molecular flexibility index (Phi) is 4.94. The van der Waals surface area contributed by atoms with E-state index in [1.54, 1.807) is 0 Å². The lowest BCUT2D eigenvalue weighted by molar-refractivity contribution is 0.0698. The maximum Gasteiger partial charge on any atom is 0.339 e. The molecule has 1 rings (SSSR count). The maximum atomic E-state index is 11.6. The first-order chi connectivity index (χ1) is 8.37. The normalized spacial score (nSPS) is 11.2. The Morgan fingerprint density at radius 3 is 2.72 bits per heavy atom. The van der Waals surface area contributed by atoms with Gasteiger partial charge in [-0.15, -0.1) is 0 Å². The first-order valence-electron chi connectivity index (χ1n) is 4.88. The Balaban J connectivity index is 3.05. The van der Waals surface area contributed by atoms with Crippen molar-refractivity contribution in [1.29, 1.82) is 0 Å². The van der Waals surface area contributed by atoms with E-state index in [4.69, 9.17) is 16.7 Å². The van der Waals surface area contributed by atoms with E-state index in [9.17, 15) is 13.2 Å². The molecule has 100 valence electrons. The van der Waals surface area contributed by atoms with Crippen molar-refractivity contribution in [2.45, 2.75) is 0 Å². The molecule has 0 fully saturated rings. The number of hydrogen-bond acceptors (Lipinski definition) is 4. The molecule has 0 heterocycles. The summed E-state index contributed by atoms with van der Waals surface area (Å²) in [5.41, 5.74) is -0.341. The molecule has 6 nitrogen and oxygen atoms in total. The van der Waals surface area contributed by atoms with Crippen LogP contribution < -0.4 is 4.72 Å². The molecule has 0 saturated carbocycles. The summed E-state index contributed by atoms with van der Waals surface area (Å²) >= 11 is 5.72. The monoisotopic (exact) mass is 293 g/mol. The lowest BCUT2D eigenvalue weighted by Crippen LogP contribution is -2.21. The van der Waals surface area contributed by atoms with Gasteiger partial charge in [-0.3, -0.25) is 4.72 Å². The quantitative estimate of drug-likeness (QED) is 0.827. The van der Waals surface area contributed by atoms with Crippen molar-refractivity contribution in [2.24, 2.45) is 0 Å². The molecule has 0 saturated heterocycles. The molecule has 0 aliphatic heterocycles. The number of hydrogen-bond donors (Lipinski definition) is 2.